The fourth-order valence-corrected chi connectivity index (χ4v) is 2.76. The third-order valence-electron chi connectivity index (χ3n) is 3.81. The van der Waals surface area contributed by atoms with Crippen molar-refractivity contribution in [2.45, 2.75) is 39.2 Å². The van der Waals surface area contributed by atoms with Crippen molar-refractivity contribution in [1.82, 2.24) is 19.9 Å². The molecule has 0 bridgehead atoms. The molecule has 0 fully saturated rings. The van der Waals surface area contributed by atoms with Crippen LogP contribution in [0.25, 0.3) is 16.9 Å². The van der Waals surface area contributed by atoms with E-state index in [1.165, 1.54) is 12.1 Å². The van der Waals surface area contributed by atoms with Crippen LogP contribution in [0.3, 0.4) is 0 Å². The lowest BCUT2D eigenvalue weighted by Crippen LogP contribution is -2.33. The second-order valence-electron chi connectivity index (χ2n) is 7.22. The van der Waals surface area contributed by atoms with Crippen LogP contribution < -0.4 is 5.32 Å². The molecule has 0 aliphatic heterocycles. The number of imidazole rings is 1. The van der Waals surface area contributed by atoms with E-state index < -0.39 is 11.7 Å². The number of benzene rings is 1. The molecule has 27 heavy (non-hydrogen) atoms. The van der Waals surface area contributed by atoms with Crippen molar-refractivity contribution in [3.63, 3.8) is 0 Å². The van der Waals surface area contributed by atoms with E-state index in [9.17, 15) is 9.18 Å². The van der Waals surface area contributed by atoms with Gasteiger partial charge in [0.2, 0.25) is 0 Å². The summed E-state index contributed by atoms with van der Waals surface area (Å²) < 4.78 is 20.8. The fourth-order valence-electron chi connectivity index (χ4n) is 2.76. The minimum absolute atomic E-state index is 0.322. The standard InChI is InChI=1S/C20H23FN4O2/c1-20(2,3)27-19(26)23-12-6-8-18-24-15-10-9-14(21)13-16(15)25(18)17-7-4-5-11-22-17/h4-5,7,9-11,13H,6,8,12H2,1-3H3,(H,23,26). The van der Waals surface area contributed by atoms with Crippen LogP contribution in [-0.4, -0.2) is 32.8 Å². The van der Waals surface area contributed by atoms with Gasteiger partial charge >= 0.3 is 6.09 Å². The Kier molecular flexibility index (Phi) is 5.39. The maximum absolute atomic E-state index is 13.7. The molecule has 1 N–H and O–H groups in total. The number of halogens is 1. The summed E-state index contributed by atoms with van der Waals surface area (Å²) >= 11 is 0. The Balaban J connectivity index is 1.76. The second-order valence-corrected chi connectivity index (χ2v) is 7.22. The molecule has 0 spiro atoms. The number of alkyl carbamates (subject to hydrolysis) is 1. The van der Waals surface area contributed by atoms with E-state index in [-0.39, 0.29) is 5.82 Å². The Bertz CT molecular complexity index is 932. The van der Waals surface area contributed by atoms with Gasteiger partial charge < -0.3 is 10.1 Å². The molecule has 3 aromatic rings. The number of ether oxygens (including phenoxy) is 1. The van der Waals surface area contributed by atoms with Crippen LogP contribution >= 0.6 is 0 Å². The molecule has 6 nitrogen and oxygen atoms in total. The summed E-state index contributed by atoms with van der Waals surface area (Å²) in [4.78, 5) is 20.7. The van der Waals surface area contributed by atoms with Crippen molar-refractivity contribution in [3.8, 4) is 5.82 Å². The predicted octanol–water partition coefficient (Wildman–Crippen LogP) is 4.02. The number of carbonyl (C=O) groups is 1. The lowest BCUT2D eigenvalue weighted by atomic mass is 10.2. The van der Waals surface area contributed by atoms with Crippen molar-refractivity contribution in [1.29, 1.82) is 0 Å². The maximum atomic E-state index is 13.7. The highest BCUT2D eigenvalue weighted by Gasteiger charge is 2.16. The number of fused-ring (bicyclic) bond motifs is 1. The zero-order valence-corrected chi connectivity index (χ0v) is 15.7. The number of rotatable bonds is 5. The molecule has 0 saturated heterocycles. The van der Waals surface area contributed by atoms with Gasteiger partial charge in [-0.15, -0.1) is 0 Å². The highest BCUT2D eigenvalue weighted by molar-refractivity contribution is 5.78. The van der Waals surface area contributed by atoms with E-state index in [0.717, 1.165) is 5.82 Å². The number of amides is 1. The molecule has 0 atom stereocenters. The Morgan fingerprint density at radius 1 is 1.26 bits per heavy atom. The molecule has 7 heteroatoms. The highest BCUT2D eigenvalue weighted by atomic mass is 19.1. The van der Waals surface area contributed by atoms with Gasteiger partial charge in [0.25, 0.3) is 0 Å². The summed E-state index contributed by atoms with van der Waals surface area (Å²) in [5, 5.41) is 2.74. The van der Waals surface area contributed by atoms with E-state index in [4.69, 9.17) is 4.74 Å². The van der Waals surface area contributed by atoms with E-state index in [2.05, 4.69) is 15.3 Å². The smallest absolute Gasteiger partial charge is 0.407 e. The van der Waals surface area contributed by atoms with Crippen LogP contribution in [0.4, 0.5) is 9.18 Å². The molecular weight excluding hydrogens is 347 g/mol. The molecule has 2 heterocycles. The first-order valence-electron chi connectivity index (χ1n) is 8.89. The maximum Gasteiger partial charge on any atom is 0.407 e. The lowest BCUT2D eigenvalue weighted by Gasteiger charge is -2.19. The average molecular weight is 370 g/mol. The topological polar surface area (TPSA) is 69.0 Å². The van der Waals surface area contributed by atoms with E-state index in [0.29, 0.717) is 36.2 Å². The molecule has 1 aromatic carbocycles. The third-order valence-corrected chi connectivity index (χ3v) is 3.81. The van der Waals surface area contributed by atoms with Gasteiger partial charge in [-0.05, 0) is 51.5 Å². The van der Waals surface area contributed by atoms with Gasteiger partial charge in [-0.25, -0.2) is 19.2 Å². The van der Waals surface area contributed by atoms with Gasteiger partial charge in [0.05, 0.1) is 11.0 Å². The molecular formula is C20H23FN4O2. The second kappa shape index (κ2) is 7.73. The Hall–Kier alpha value is -2.96. The largest absolute Gasteiger partial charge is 0.444 e. The van der Waals surface area contributed by atoms with E-state index >= 15 is 0 Å². The van der Waals surface area contributed by atoms with Crippen LogP contribution in [0.5, 0.6) is 0 Å². The van der Waals surface area contributed by atoms with Crippen molar-refractivity contribution in [2.75, 3.05) is 6.54 Å². The first-order chi connectivity index (χ1) is 12.8. The monoisotopic (exact) mass is 370 g/mol. The molecule has 0 radical (unpaired) electrons. The number of nitrogens with zero attached hydrogens (tertiary/aromatic N) is 3. The van der Waals surface area contributed by atoms with Gasteiger partial charge in [-0.1, -0.05) is 6.07 Å². The van der Waals surface area contributed by atoms with Crippen LogP contribution in [-0.2, 0) is 11.2 Å². The van der Waals surface area contributed by atoms with E-state index in [1.807, 2.05) is 43.5 Å². The average Bonchev–Trinajstić information content (AvgIpc) is 2.95. The zero-order valence-electron chi connectivity index (χ0n) is 15.7. The van der Waals surface area contributed by atoms with Crippen LogP contribution in [0.2, 0.25) is 0 Å². The number of aryl methyl sites for hydroxylation is 1. The van der Waals surface area contributed by atoms with Gasteiger partial charge in [-0.2, -0.15) is 0 Å². The summed E-state index contributed by atoms with van der Waals surface area (Å²) in [7, 11) is 0. The Labute approximate surface area is 157 Å². The molecule has 0 aliphatic carbocycles. The quantitative estimate of drug-likeness (QED) is 0.689. The third kappa shape index (κ3) is 4.81. The van der Waals surface area contributed by atoms with Crippen molar-refractivity contribution in [2.24, 2.45) is 0 Å². The fraction of sp³-hybridized carbons (Fsp3) is 0.350. The molecule has 142 valence electrons. The van der Waals surface area contributed by atoms with Gasteiger partial charge in [0, 0.05) is 25.2 Å². The predicted molar refractivity (Wildman–Crippen MR) is 101 cm³/mol. The van der Waals surface area contributed by atoms with Crippen molar-refractivity contribution >= 4 is 17.1 Å². The lowest BCUT2D eigenvalue weighted by molar-refractivity contribution is 0.0527. The number of carbonyl (C=O) groups excluding carboxylic acids is 1. The number of hydrogen-bond acceptors (Lipinski definition) is 4. The summed E-state index contributed by atoms with van der Waals surface area (Å²) in [5.74, 6) is 1.12. The Morgan fingerprint density at radius 2 is 2.07 bits per heavy atom. The molecule has 1 amide bonds. The van der Waals surface area contributed by atoms with Crippen LogP contribution in [0.1, 0.15) is 33.0 Å². The molecule has 0 saturated carbocycles. The number of aromatic nitrogens is 3. The molecule has 0 unspecified atom stereocenters. The first kappa shape index (κ1) is 18.8. The van der Waals surface area contributed by atoms with Gasteiger partial charge in [-0.3, -0.25) is 4.57 Å². The highest BCUT2D eigenvalue weighted by Crippen LogP contribution is 2.22. The normalized spacial score (nSPS) is 11.6. The van der Waals surface area contributed by atoms with Crippen LogP contribution in [0.15, 0.2) is 42.6 Å². The van der Waals surface area contributed by atoms with Gasteiger partial charge in [0.15, 0.2) is 0 Å². The number of nitrogens with one attached hydrogen (secondary N) is 1. The minimum Gasteiger partial charge on any atom is -0.444 e. The van der Waals surface area contributed by atoms with E-state index in [1.54, 1.807) is 12.3 Å². The summed E-state index contributed by atoms with van der Waals surface area (Å²) in [5.41, 5.74) is 0.849. The number of hydrogen-bond donors (Lipinski definition) is 1. The summed E-state index contributed by atoms with van der Waals surface area (Å²) in [6.07, 6.45) is 2.51. The molecule has 3 rings (SSSR count). The van der Waals surface area contributed by atoms with Gasteiger partial charge in [0.1, 0.15) is 23.1 Å². The first-order valence-corrected chi connectivity index (χ1v) is 8.89. The van der Waals surface area contributed by atoms with Crippen LogP contribution in [0, 0.1) is 5.82 Å². The van der Waals surface area contributed by atoms with Crippen molar-refractivity contribution < 1.29 is 13.9 Å². The summed E-state index contributed by atoms with van der Waals surface area (Å²) in [6, 6.07) is 10.1. The van der Waals surface area contributed by atoms with Crippen molar-refractivity contribution in [3.05, 3.63) is 54.2 Å². The minimum atomic E-state index is -0.527. The molecule has 0 aliphatic rings. The number of pyridine rings is 1. The molecule has 2 aromatic heterocycles. The zero-order chi connectivity index (χ0) is 19.4. The Morgan fingerprint density at radius 3 is 2.78 bits per heavy atom. The summed E-state index contributed by atoms with van der Waals surface area (Å²) in [6.45, 7) is 5.91. The SMILES string of the molecule is CC(C)(C)OC(=O)NCCCc1nc2ccc(F)cc2n1-c1ccccn1.